The van der Waals surface area contributed by atoms with Crippen LogP contribution in [-0.2, 0) is 21.8 Å². The molecule has 2 N–H and O–H groups in total. The summed E-state index contributed by atoms with van der Waals surface area (Å²) in [6.45, 7) is 0.885. The summed E-state index contributed by atoms with van der Waals surface area (Å²) in [4.78, 5) is 5.14. The van der Waals surface area contributed by atoms with Gasteiger partial charge in [-0.2, -0.15) is 0 Å². The maximum Gasteiger partial charge on any atom is 0.215 e. The number of thioether (sulfide) groups is 1. The summed E-state index contributed by atoms with van der Waals surface area (Å²) in [5.74, 6) is -0.291. The van der Waals surface area contributed by atoms with E-state index in [0.717, 1.165) is 16.1 Å². The Hall–Kier alpha value is -1.70. The van der Waals surface area contributed by atoms with Crippen LogP contribution in [-0.4, -0.2) is 28.0 Å². The SMILES string of the molecule is Nc1ccccc1SC[C@@H]1CO[C@@](Cn2ccnc2)(c2ccc(Cl)cc2Cl)O1. The van der Waals surface area contributed by atoms with Crippen LogP contribution >= 0.6 is 35.0 Å². The van der Waals surface area contributed by atoms with Crippen molar-refractivity contribution in [2.45, 2.75) is 23.3 Å². The Kier molecular flexibility index (Phi) is 5.85. The van der Waals surface area contributed by atoms with Gasteiger partial charge in [0.25, 0.3) is 0 Å². The average Bonchev–Trinajstić information content (AvgIpc) is 3.32. The molecule has 2 heterocycles. The Balaban J connectivity index is 1.56. The van der Waals surface area contributed by atoms with E-state index in [-0.39, 0.29) is 6.10 Å². The Bertz CT molecular complexity index is 954. The van der Waals surface area contributed by atoms with E-state index in [1.165, 1.54) is 0 Å². The van der Waals surface area contributed by atoms with Gasteiger partial charge in [-0.05, 0) is 24.3 Å². The predicted molar refractivity (Wildman–Crippen MR) is 113 cm³/mol. The Labute approximate surface area is 177 Å². The van der Waals surface area contributed by atoms with Crippen LogP contribution in [0.1, 0.15) is 5.56 Å². The molecule has 0 unspecified atom stereocenters. The number of ether oxygens (including phenoxy) is 2. The first-order valence-corrected chi connectivity index (χ1v) is 10.5. The van der Waals surface area contributed by atoms with Crippen LogP contribution in [0, 0.1) is 0 Å². The van der Waals surface area contributed by atoms with E-state index < -0.39 is 5.79 Å². The summed E-state index contributed by atoms with van der Waals surface area (Å²) >= 11 is 14.2. The van der Waals surface area contributed by atoms with Gasteiger partial charge in [0.15, 0.2) is 0 Å². The number of imidazole rings is 1. The van der Waals surface area contributed by atoms with Crippen LogP contribution in [0.5, 0.6) is 0 Å². The van der Waals surface area contributed by atoms with Crippen molar-refractivity contribution in [3.63, 3.8) is 0 Å². The van der Waals surface area contributed by atoms with E-state index >= 15 is 0 Å². The Morgan fingerprint density at radius 1 is 1.25 bits per heavy atom. The van der Waals surface area contributed by atoms with Crippen molar-refractivity contribution in [3.05, 3.63) is 76.8 Å². The minimum absolute atomic E-state index is 0.111. The molecule has 2 aromatic carbocycles. The van der Waals surface area contributed by atoms with E-state index in [9.17, 15) is 0 Å². The van der Waals surface area contributed by atoms with Gasteiger partial charge in [0.05, 0.1) is 30.6 Å². The quantitative estimate of drug-likeness (QED) is 0.443. The third-order valence-electron chi connectivity index (χ3n) is 4.49. The zero-order valence-electron chi connectivity index (χ0n) is 14.9. The van der Waals surface area contributed by atoms with E-state index in [1.807, 2.05) is 41.1 Å². The molecule has 3 aromatic rings. The third-order valence-corrected chi connectivity index (χ3v) is 6.26. The monoisotopic (exact) mass is 435 g/mol. The molecule has 0 bridgehead atoms. The van der Waals surface area contributed by atoms with Gasteiger partial charge in [-0.3, -0.25) is 0 Å². The summed E-state index contributed by atoms with van der Waals surface area (Å²) in [5.41, 5.74) is 7.55. The lowest BCUT2D eigenvalue weighted by Crippen LogP contribution is -2.34. The molecule has 0 aliphatic carbocycles. The number of rotatable bonds is 6. The topological polar surface area (TPSA) is 62.3 Å². The van der Waals surface area contributed by atoms with Crippen molar-refractivity contribution in [2.24, 2.45) is 0 Å². The molecule has 146 valence electrons. The lowest BCUT2D eigenvalue weighted by atomic mass is 10.1. The summed E-state index contributed by atoms with van der Waals surface area (Å²) in [6, 6.07) is 13.1. The molecule has 1 fully saturated rings. The highest BCUT2D eigenvalue weighted by atomic mass is 35.5. The number of aromatic nitrogens is 2. The molecule has 1 saturated heterocycles. The second-order valence-corrected chi connectivity index (χ2v) is 8.42. The number of hydrogen-bond acceptors (Lipinski definition) is 5. The highest BCUT2D eigenvalue weighted by molar-refractivity contribution is 7.99. The first-order valence-electron chi connectivity index (χ1n) is 8.76. The maximum atomic E-state index is 6.49. The van der Waals surface area contributed by atoms with Gasteiger partial charge in [0.2, 0.25) is 5.79 Å². The fraction of sp³-hybridized carbons (Fsp3) is 0.250. The van der Waals surface area contributed by atoms with E-state index in [4.69, 9.17) is 38.4 Å². The molecule has 5 nitrogen and oxygen atoms in total. The normalized spacial score (nSPS) is 21.9. The Morgan fingerprint density at radius 2 is 2.11 bits per heavy atom. The fourth-order valence-corrected chi connectivity index (χ4v) is 4.66. The first-order chi connectivity index (χ1) is 13.6. The van der Waals surface area contributed by atoms with Gasteiger partial charge in [0.1, 0.15) is 0 Å². The molecule has 0 spiro atoms. The highest BCUT2D eigenvalue weighted by Crippen LogP contribution is 2.41. The van der Waals surface area contributed by atoms with Crippen LogP contribution in [0.3, 0.4) is 0 Å². The summed E-state index contributed by atoms with van der Waals surface area (Å²) in [7, 11) is 0. The van der Waals surface area contributed by atoms with Gasteiger partial charge in [-0.15, -0.1) is 11.8 Å². The molecular formula is C20H19Cl2N3O2S. The number of nitrogen functional groups attached to an aromatic ring is 1. The summed E-state index contributed by atoms with van der Waals surface area (Å²) < 4.78 is 14.6. The van der Waals surface area contributed by atoms with Crippen molar-refractivity contribution in [3.8, 4) is 0 Å². The smallest absolute Gasteiger partial charge is 0.215 e. The minimum Gasteiger partial charge on any atom is -0.398 e. The molecule has 1 aliphatic heterocycles. The lowest BCUT2D eigenvalue weighted by Gasteiger charge is -2.30. The van der Waals surface area contributed by atoms with Gasteiger partial charge < -0.3 is 19.8 Å². The fourth-order valence-electron chi connectivity index (χ4n) is 3.17. The van der Waals surface area contributed by atoms with Crippen molar-refractivity contribution >= 4 is 40.7 Å². The zero-order valence-corrected chi connectivity index (χ0v) is 17.3. The number of nitrogens with zero attached hydrogens (tertiary/aromatic N) is 2. The number of nitrogens with two attached hydrogens (primary N) is 1. The molecule has 1 aliphatic rings. The van der Waals surface area contributed by atoms with Crippen LogP contribution in [0.15, 0.2) is 66.1 Å². The molecule has 4 rings (SSSR count). The van der Waals surface area contributed by atoms with Crippen molar-refractivity contribution in [2.75, 3.05) is 18.1 Å². The Morgan fingerprint density at radius 3 is 2.86 bits per heavy atom. The first kappa shape index (κ1) is 19.6. The van der Waals surface area contributed by atoms with Crippen LogP contribution in [0.25, 0.3) is 0 Å². The number of hydrogen-bond donors (Lipinski definition) is 1. The molecular weight excluding hydrogens is 417 g/mol. The average molecular weight is 436 g/mol. The lowest BCUT2D eigenvalue weighted by molar-refractivity contribution is -0.184. The molecule has 0 amide bonds. The zero-order chi connectivity index (χ0) is 19.6. The number of benzene rings is 2. The van der Waals surface area contributed by atoms with Crippen LogP contribution < -0.4 is 5.73 Å². The minimum atomic E-state index is -1.00. The molecule has 0 saturated carbocycles. The van der Waals surface area contributed by atoms with Gasteiger partial charge in [0, 0.05) is 39.3 Å². The second-order valence-electron chi connectivity index (χ2n) is 6.51. The highest BCUT2D eigenvalue weighted by Gasteiger charge is 2.45. The van der Waals surface area contributed by atoms with E-state index in [1.54, 1.807) is 36.4 Å². The van der Waals surface area contributed by atoms with Gasteiger partial charge in [-0.1, -0.05) is 41.4 Å². The number of halogens is 2. The van der Waals surface area contributed by atoms with Crippen LogP contribution in [0.2, 0.25) is 10.0 Å². The van der Waals surface area contributed by atoms with E-state index in [0.29, 0.717) is 28.9 Å². The number of para-hydroxylation sites is 1. The second kappa shape index (κ2) is 8.35. The van der Waals surface area contributed by atoms with Gasteiger partial charge >= 0.3 is 0 Å². The number of anilines is 1. The van der Waals surface area contributed by atoms with Crippen LogP contribution in [0.4, 0.5) is 5.69 Å². The molecule has 2 atom stereocenters. The molecule has 0 radical (unpaired) electrons. The molecule has 28 heavy (non-hydrogen) atoms. The predicted octanol–water partition coefficient (Wildman–Crippen LogP) is 4.83. The van der Waals surface area contributed by atoms with E-state index in [2.05, 4.69) is 4.98 Å². The largest absolute Gasteiger partial charge is 0.398 e. The maximum absolute atomic E-state index is 6.49. The summed E-state index contributed by atoms with van der Waals surface area (Å²) in [5, 5.41) is 1.07. The third kappa shape index (κ3) is 4.16. The van der Waals surface area contributed by atoms with Crippen molar-refractivity contribution < 1.29 is 9.47 Å². The van der Waals surface area contributed by atoms with Gasteiger partial charge in [-0.25, -0.2) is 4.98 Å². The van der Waals surface area contributed by atoms with Crippen molar-refractivity contribution in [1.29, 1.82) is 0 Å². The standard InChI is InChI=1S/C20H19Cl2N3O2S/c21-14-5-6-16(17(22)9-14)20(12-25-8-7-24-13-25)26-10-15(27-20)11-28-19-4-2-1-3-18(19)23/h1-9,13,15H,10-12,23H2/t15-,20+/m0/s1. The molecule has 8 heteroatoms. The summed E-state index contributed by atoms with van der Waals surface area (Å²) in [6.07, 6.45) is 5.20. The van der Waals surface area contributed by atoms with Crippen molar-refractivity contribution in [1.82, 2.24) is 9.55 Å². The molecule has 1 aromatic heterocycles.